The summed E-state index contributed by atoms with van der Waals surface area (Å²) in [6.45, 7) is 4.28. The number of ether oxygens (including phenoxy) is 2. The summed E-state index contributed by atoms with van der Waals surface area (Å²) in [6.07, 6.45) is 0.844. The van der Waals surface area contributed by atoms with Gasteiger partial charge in [-0.05, 0) is 25.1 Å². The summed E-state index contributed by atoms with van der Waals surface area (Å²) in [5.74, 6) is 1.25. The zero-order chi connectivity index (χ0) is 20.1. The highest BCUT2D eigenvalue weighted by atomic mass is 16.5. The fraction of sp³-hybridized carbons (Fsp3) is 0.368. The highest BCUT2D eigenvalue weighted by Crippen LogP contribution is 2.29. The molecule has 0 saturated carbocycles. The van der Waals surface area contributed by atoms with Crippen molar-refractivity contribution in [3.63, 3.8) is 0 Å². The van der Waals surface area contributed by atoms with Crippen LogP contribution in [0.1, 0.15) is 16.2 Å². The van der Waals surface area contributed by atoms with Gasteiger partial charge in [0.1, 0.15) is 5.69 Å². The Bertz CT molecular complexity index is 865. The van der Waals surface area contributed by atoms with Gasteiger partial charge in [-0.25, -0.2) is 9.97 Å². The standard InChI is InChI=1S/C19H23N5O4/c1-13-10-15(22-19(20-13)24-8-6-23(12-25)7-9-24)18(26)21-14-4-5-16(27-2)17(11-14)28-3/h4-5,10-12H,6-9H2,1-3H3,(H,21,26). The second kappa shape index (κ2) is 8.55. The van der Waals surface area contributed by atoms with Crippen LogP contribution >= 0.6 is 0 Å². The summed E-state index contributed by atoms with van der Waals surface area (Å²) in [7, 11) is 3.09. The van der Waals surface area contributed by atoms with E-state index >= 15 is 0 Å². The smallest absolute Gasteiger partial charge is 0.274 e. The number of aromatic nitrogens is 2. The van der Waals surface area contributed by atoms with Gasteiger partial charge in [0.15, 0.2) is 11.5 Å². The van der Waals surface area contributed by atoms with E-state index in [1.54, 1.807) is 36.3 Å². The summed E-state index contributed by atoms with van der Waals surface area (Å²) in [6, 6.07) is 6.77. The molecule has 2 aromatic rings. The molecule has 0 radical (unpaired) electrons. The van der Waals surface area contributed by atoms with Gasteiger partial charge >= 0.3 is 0 Å². The number of aryl methyl sites for hydroxylation is 1. The predicted molar refractivity (Wildman–Crippen MR) is 104 cm³/mol. The first-order valence-corrected chi connectivity index (χ1v) is 8.87. The number of rotatable bonds is 6. The molecule has 1 aromatic heterocycles. The number of nitrogens with one attached hydrogen (secondary N) is 1. The van der Waals surface area contributed by atoms with Gasteiger partial charge in [-0.1, -0.05) is 0 Å². The lowest BCUT2D eigenvalue weighted by molar-refractivity contribution is -0.118. The molecule has 1 aliphatic rings. The number of piperazine rings is 1. The lowest BCUT2D eigenvalue weighted by Gasteiger charge is -2.32. The number of carbonyl (C=O) groups is 2. The highest BCUT2D eigenvalue weighted by molar-refractivity contribution is 6.03. The Kier molecular flexibility index (Phi) is 5.93. The van der Waals surface area contributed by atoms with Crippen LogP contribution in [-0.4, -0.2) is 67.6 Å². The lowest BCUT2D eigenvalue weighted by Crippen LogP contribution is -2.46. The number of anilines is 2. The van der Waals surface area contributed by atoms with E-state index < -0.39 is 0 Å². The summed E-state index contributed by atoms with van der Waals surface area (Å²) >= 11 is 0. The van der Waals surface area contributed by atoms with Crippen molar-refractivity contribution in [3.8, 4) is 11.5 Å². The first-order chi connectivity index (χ1) is 13.5. The average molecular weight is 385 g/mol. The Hall–Kier alpha value is -3.36. The topological polar surface area (TPSA) is 96.9 Å². The Labute approximate surface area is 163 Å². The minimum Gasteiger partial charge on any atom is -0.493 e. The molecule has 1 N–H and O–H groups in total. The lowest BCUT2D eigenvalue weighted by atomic mass is 10.2. The molecule has 1 aliphatic heterocycles. The molecule has 9 heteroatoms. The molecule has 0 spiro atoms. The van der Waals surface area contributed by atoms with E-state index in [4.69, 9.17) is 9.47 Å². The molecule has 2 heterocycles. The third-order valence-corrected chi connectivity index (χ3v) is 4.46. The Morgan fingerprint density at radius 3 is 2.43 bits per heavy atom. The van der Waals surface area contributed by atoms with Crippen molar-refractivity contribution in [2.24, 2.45) is 0 Å². The van der Waals surface area contributed by atoms with Crippen molar-refractivity contribution in [2.45, 2.75) is 6.92 Å². The van der Waals surface area contributed by atoms with Crippen molar-refractivity contribution in [2.75, 3.05) is 50.6 Å². The van der Waals surface area contributed by atoms with Crippen LogP contribution in [0.4, 0.5) is 11.6 Å². The maximum Gasteiger partial charge on any atom is 0.274 e. The zero-order valence-electron chi connectivity index (χ0n) is 16.1. The largest absolute Gasteiger partial charge is 0.493 e. The number of methoxy groups -OCH3 is 2. The molecule has 2 amide bonds. The normalized spacial score (nSPS) is 13.8. The number of nitrogens with zero attached hydrogens (tertiary/aromatic N) is 4. The minimum absolute atomic E-state index is 0.273. The Balaban J connectivity index is 1.77. The molecule has 9 nitrogen and oxygen atoms in total. The van der Waals surface area contributed by atoms with Gasteiger partial charge in [0.2, 0.25) is 12.4 Å². The molecule has 0 bridgehead atoms. The molecule has 148 valence electrons. The number of amides is 2. The van der Waals surface area contributed by atoms with Crippen LogP contribution in [0, 0.1) is 6.92 Å². The van der Waals surface area contributed by atoms with Crippen LogP contribution in [0.2, 0.25) is 0 Å². The molecule has 1 aromatic carbocycles. The van der Waals surface area contributed by atoms with Crippen molar-refractivity contribution < 1.29 is 19.1 Å². The monoisotopic (exact) mass is 385 g/mol. The van der Waals surface area contributed by atoms with Crippen LogP contribution in [0.25, 0.3) is 0 Å². The molecule has 3 rings (SSSR count). The third kappa shape index (κ3) is 4.30. The molecule has 1 fully saturated rings. The first kappa shape index (κ1) is 19.4. The van der Waals surface area contributed by atoms with Crippen molar-refractivity contribution in [1.82, 2.24) is 14.9 Å². The van der Waals surface area contributed by atoms with E-state index in [2.05, 4.69) is 15.3 Å². The second-order valence-electron chi connectivity index (χ2n) is 6.35. The Morgan fingerprint density at radius 2 is 1.79 bits per heavy atom. The molecular formula is C19H23N5O4. The quantitative estimate of drug-likeness (QED) is 0.750. The minimum atomic E-state index is -0.342. The summed E-state index contributed by atoms with van der Waals surface area (Å²) in [5.41, 5.74) is 1.54. The van der Waals surface area contributed by atoms with Gasteiger partial charge in [-0.2, -0.15) is 0 Å². The van der Waals surface area contributed by atoms with E-state index in [0.29, 0.717) is 55.0 Å². The molecule has 0 unspecified atom stereocenters. The molecule has 0 atom stereocenters. The van der Waals surface area contributed by atoms with Crippen LogP contribution in [-0.2, 0) is 4.79 Å². The van der Waals surface area contributed by atoms with Crippen LogP contribution in [0.3, 0.4) is 0 Å². The van der Waals surface area contributed by atoms with Crippen LogP contribution < -0.4 is 19.7 Å². The van der Waals surface area contributed by atoms with E-state index in [9.17, 15) is 9.59 Å². The maximum absolute atomic E-state index is 12.7. The van der Waals surface area contributed by atoms with Gasteiger partial charge < -0.3 is 24.6 Å². The maximum atomic E-state index is 12.7. The van der Waals surface area contributed by atoms with Crippen molar-refractivity contribution in [3.05, 3.63) is 35.7 Å². The van der Waals surface area contributed by atoms with Gasteiger partial charge in [0.25, 0.3) is 5.91 Å². The molecule has 0 aliphatic carbocycles. The highest BCUT2D eigenvalue weighted by Gasteiger charge is 2.20. The number of hydrogen-bond donors (Lipinski definition) is 1. The van der Waals surface area contributed by atoms with Gasteiger partial charge in [0, 0.05) is 43.6 Å². The second-order valence-corrected chi connectivity index (χ2v) is 6.35. The molecular weight excluding hydrogens is 362 g/mol. The summed E-state index contributed by atoms with van der Waals surface area (Å²) in [5, 5.41) is 2.82. The fourth-order valence-corrected chi connectivity index (χ4v) is 2.95. The molecule has 1 saturated heterocycles. The van der Waals surface area contributed by atoms with E-state index in [1.165, 1.54) is 7.11 Å². The van der Waals surface area contributed by atoms with Crippen LogP contribution in [0.5, 0.6) is 11.5 Å². The van der Waals surface area contributed by atoms with Crippen molar-refractivity contribution in [1.29, 1.82) is 0 Å². The fourth-order valence-electron chi connectivity index (χ4n) is 2.95. The predicted octanol–water partition coefficient (Wildman–Crippen LogP) is 1.33. The average Bonchev–Trinajstić information content (AvgIpc) is 2.73. The third-order valence-electron chi connectivity index (χ3n) is 4.46. The van der Waals surface area contributed by atoms with E-state index in [-0.39, 0.29) is 11.6 Å². The van der Waals surface area contributed by atoms with Gasteiger partial charge in [-0.15, -0.1) is 0 Å². The number of hydrogen-bond acceptors (Lipinski definition) is 7. The number of benzene rings is 1. The van der Waals surface area contributed by atoms with Gasteiger partial charge in [0.05, 0.1) is 14.2 Å². The SMILES string of the molecule is COc1ccc(NC(=O)c2cc(C)nc(N3CCN(C=O)CC3)n2)cc1OC. The van der Waals surface area contributed by atoms with Crippen molar-refractivity contribution >= 4 is 24.0 Å². The summed E-state index contributed by atoms with van der Waals surface area (Å²) in [4.78, 5) is 36.1. The molecule has 28 heavy (non-hydrogen) atoms. The van der Waals surface area contributed by atoms with E-state index in [1.807, 2.05) is 11.8 Å². The van der Waals surface area contributed by atoms with E-state index in [0.717, 1.165) is 6.41 Å². The summed E-state index contributed by atoms with van der Waals surface area (Å²) < 4.78 is 10.5. The Morgan fingerprint density at radius 1 is 1.07 bits per heavy atom. The zero-order valence-corrected chi connectivity index (χ0v) is 16.1. The first-order valence-electron chi connectivity index (χ1n) is 8.87. The van der Waals surface area contributed by atoms with Crippen LogP contribution in [0.15, 0.2) is 24.3 Å². The number of carbonyl (C=O) groups excluding carboxylic acids is 2. The van der Waals surface area contributed by atoms with Gasteiger partial charge in [-0.3, -0.25) is 9.59 Å².